The molecular formula is C10H11BrN2O. The number of hydrogen-bond acceptors (Lipinski definition) is 3. The van der Waals surface area contributed by atoms with E-state index in [1.807, 2.05) is 31.2 Å². The Labute approximate surface area is 91.4 Å². The van der Waals surface area contributed by atoms with Gasteiger partial charge in [-0.3, -0.25) is 4.79 Å². The smallest absolute Gasteiger partial charge is 0.157 e. The van der Waals surface area contributed by atoms with Crippen molar-refractivity contribution in [3.05, 3.63) is 29.8 Å². The minimum Gasteiger partial charge on any atom is -0.308 e. The normalized spacial score (nSPS) is 20.3. The molecule has 0 bridgehead atoms. The number of carbonyl (C=O) groups excluding carboxylic acids is 1. The molecule has 0 radical (unpaired) electrons. The van der Waals surface area contributed by atoms with Crippen LogP contribution in [0.15, 0.2) is 24.3 Å². The van der Waals surface area contributed by atoms with Gasteiger partial charge < -0.3 is 5.43 Å². The van der Waals surface area contributed by atoms with Gasteiger partial charge in [-0.15, -0.1) is 4.03 Å². The van der Waals surface area contributed by atoms with Gasteiger partial charge in [0.15, 0.2) is 5.78 Å². The molecule has 0 saturated carbocycles. The summed E-state index contributed by atoms with van der Waals surface area (Å²) in [6.45, 7) is 1.88. The summed E-state index contributed by atoms with van der Waals surface area (Å²) in [5, 5.41) is 0. The maximum Gasteiger partial charge on any atom is 0.157 e. The Bertz CT molecular complexity index is 367. The van der Waals surface area contributed by atoms with E-state index in [1.54, 1.807) is 4.03 Å². The largest absolute Gasteiger partial charge is 0.308 e. The Hall–Kier alpha value is -0.870. The Morgan fingerprint density at radius 1 is 1.57 bits per heavy atom. The maximum absolute atomic E-state index is 11.7. The fraction of sp³-hybridized carbons (Fsp3) is 0.300. The van der Waals surface area contributed by atoms with Crippen LogP contribution in [0.5, 0.6) is 0 Å². The van der Waals surface area contributed by atoms with Gasteiger partial charge in [-0.25, -0.2) is 0 Å². The number of nitrogens with zero attached hydrogens (tertiary/aromatic N) is 1. The highest BCUT2D eigenvalue weighted by Gasteiger charge is 2.32. The highest BCUT2D eigenvalue weighted by atomic mass is 79.9. The van der Waals surface area contributed by atoms with Crippen LogP contribution >= 0.6 is 16.1 Å². The highest BCUT2D eigenvalue weighted by Crippen LogP contribution is 2.37. The van der Waals surface area contributed by atoms with Gasteiger partial charge in [0, 0.05) is 28.1 Å². The number of nitrogens with one attached hydrogen (secondary N) is 1. The number of Topliss-reactive ketones (excluding diaryl/α,β-unsaturated/α-hetero) is 1. The predicted molar refractivity (Wildman–Crippen MR) is 58.9 cm³/mol. The van der Waals surface area contributed by atoms with E-state index in [2.05, 4.69) is 21.6 Å². The molecule has 1 aliphatic heterocycles. The summed E-state index contributed by atoms with van der Waals surface area (Å²) in [4.78, 5) is 11.7. The lowest BCUT2D eigenvalue weighted by atomic mass is 10.0. The zero-order chi connectivity index (χ0) is 10.1. The van der Waals surface area contributed by atoms with Crippen LogP contribution in [0.25, 0.3) is 0 Å². The third kappa shape index (κ3) is 1.44. The Morgan fingerprint density at radius 3 is 3.00 bits per heavy atom. The summed E-state index contributed by atoms with van der Waals surface area (Å²) in [6.07, 6.45) is 0.544. The van der Waals surface area contributed by atoms with Gasteiger partial charge in [0.1, 0.15) is 6.04 Å². The first-order valence-corrected chi connectivity index (χ1v) is 5.28. The fourth-order valence-electron chi connectivity index (χ4n) is 1.63. The molecule has 1 atom stereocenters. The summed E-state index contributed by atoms with van der Waals surface area (Å²) in [6, 6.07) is 7.64. The highest BCUT2D eigenvalue weighted by molar-refractivity contribution is 9.07. The number of hydrazine groups is 1. The number of rotatable bonds is 2. The van der Waals surface area contributed by atoms with Crippen LogP contribution in [0.4, 0.5) is 5.69 Å². The van der Waals surface area contributed by atoms with Crippen molar-refractivity contribution in [1.29, 1.82) is 0 Å². The van der Waals surface area contributed by atoms with Gasteiger partial charge in [-0.1, -0.05) is 25.1 Å². The van der Waals surface area contributed by atoms with Gasteiger partial charge >= 0.3 is 0 Å². The molecular weight excluding hydrogens is 244 g/mol. The Morgan fingerprint density at radius 2 is 2.29 bits per heavy atom. The lowest BCUT2D eigenvalue weighted by molar-refractivity contribution is -0.121. The van der Waals surface area contributed by atoms with Crippen molar-refractivity contribution in [2.45, 2.75) is 19.4 Å². The molecule has 0 saturated heterocycles. The molecule has 1 aromatic carbocycles. The van der Waals surface area contributed by atoms with E-state index in [1.165, 1.54) is 0 Å². The van der Waals surface area contributed by atoms with Gasteiger partial charge in [0.05, 0.1) is 5.69 Å². The van der Waals surface area contributed by atoms with Crippen LogP contribution in [0.1, 0.15) is 24.9 Å². The standard InChI is InChI=1S/C10H11BrN2O/c1-2-9(14)10-7-5-3-4-6-8(7)12-13(10)11/h3-6,10,12H,2H2,1H3. The number of anilines is 1. The minimum absolute atomic E-state index is 0.198. The van der Waals surface area contributed by atoms with E-state index in [-0.39, 0.29) is 11.8 Å². The van der Waals surface area contributed by atoms with Crippen molar-refractivity contribution in [1.82, 2.24) is 4.03 Å². The molecule has 1 N–H and O–H groups in total. The van der Waals surface area contributed by atoms with E-state index in [9.17, 15) is 4.79 Å². The summed E-state index contributed by atoms with van der Waals surface area (Å²) < 4.78 is 1.68. The first-order chi connectivity index (χ1) is 6.74. The van der Waals surface area contributed by atoms with Crippen LogP contribution in [0.3, 0.4) is 0 Å². The molecule has 14 heavy (non-hydrogen) atoms. The molecule has 1 unspecified atom stereocenters. The monoisotopic (exact) mass is 254 g/mol. The molecule has 0 amide bonds. The molecule has 0 fully saturated rings. The van der Waals surface area contributed by atoms with Gasteiger partial charge in [0.25, 0.3) is 0 Å². The fourth-order valence-corrected chi connectivity index (χ4v) is 2.27. The first-order valence-electron chi connectivity index (χ1n) is 4.57. The molecule has 0 aromatic heterocycles. The van der Waals surface area contributed by atoms with Crippen molar-refractivity contribution < 1.29 is 4.79 Å². The number of hydrogen-bond donors (Lipinski definition) is 1. The van der Waals surface area contributed by atoms with Crippen LogP contribution in [0, 0.1) is 0 Å². The van der Waals surface area contributed by atoms with Crippen LogP contribution in [0.2, 0.25) is 0 Å². The predicted octanol–water partition coefficient (Wildman–Crippen LogP) is 2.66. The topological polar surface area (TPSA) is 32.3 Å². The molecule has 3 nitrogen and oxygen atoms in total. The maximum atomic E-state index is 11.7. The Kier molecular flexibility index (Phi) is 2.56. The molecule has 1 aliphatic rings. The van der Waals surface area contributed by atoms with E-state index < -0.39 is 0 Å². The molecule has 0 spiro atoms. The third-order valence-corrected chi connectivity index (χ3v) is 2.95. The average Bonchev–Trinajstić information content (AvgIpc) is 2.53. The second-order valence-corrected chi connectivity index (χ2v) is 4.00. The lowest BCUT2D eigenvalue weighted by Gasteiger charge is -2.14. The first kappa shape index (κ1) is 9.68. The summed E-state index contributed by atoms with van der Waals surface area (Å²) in [7, 11) is 0. The van der Waals surface area contributed by atoms with Crippen molar-refractivity contribution in [3.8, 4) is 0 Å². The zero-order valence-corrected chi connectivity index (χ0v) is 9.41. The van der Waals surface area contributed by atoms with Crippen LogP contribution < -0.4 is 5.43 Å². The number of halogens is 1. The molecule has 1 heterocycles. The van der Waals surface area contributed by atoms with Crippen LogP contribution in [-0.4, -0.2) is 9.82 Å². The van der Waals surface area contributed by atoms with Gasteiger partial charge in [0.2, 0.25) is 0 Å². The van der Waals surface area contributed by atoms with Crippen molar-refractivity contribution >= 4 is 27.6 Å². The van der Waals surface area contributed by atoms with E-state index in [4.69, 9.17) is 0 Å². The Balaban J connectivity index is 2.39. The van der Waals surface area contributed by atoms with Crippen molar-refractivity contribution in [2.24, 2.45) is 0 Å². The van der Waals surface area contributed by atoms with E-state index in [0.717, 1.165) is 11.3 Å². The molecule has 74 valence electrons. The summed E-state index contributed by atoms with van der Waals surface area (Å²) >= 11 is 3.33. The number of carbonyl (C=O) groups is 1. The van der Waals surface area contributed by atoms with Crippen molar-refractivity contribution in [3.63, 3.8) is 0 Å². The molecule has 2 rings (SSSR count). The second-order valence-electron chi connectivity index (χ2n) is 3.23. The molecule has 1 aromatic rings. The quantitative estimate of drug-likeness (QED) is 0.824. The lowest BCUT2D eigenvalue weighted by Crippen LogP contribution is -2.23. The van der Waals surface area contributed by atoms with Gasteiger partial charge in [-0.2, -0.15) is 0 Å². The van der Waals surface area contributed by atoms with E-state index >= 15 is 0 Å². The summed E-state index contributed by atoms with van der Waals surface area (Å²) in [5.74, 6) is 0.208. The zero-order valence-electron chi connectivity index (χ0n) is 7.83. The van der Waals surface area contributed by atoms with Gasteiger partial charge in [-0.05, 0) is 6.07 Å². The summed E-state index contributed by atoms with van der Waals surface area (Å²) in [5.41, 5.74) is 5.13. The van der Waals surface area contributed by atoms with E-state index in [0.29, 0.717) is 6.42 Å². The SMILES string of the molecule is CCC(=O)C1c2ccccc2NN1Br. The molecule has 4 heteroatoms. The number of fused-ring (bicyclic) bond motifs is 1. The second kappa shape index (κ2) is 3.71. The minimum atomic E-state index is -0.198. The number of benzene rings is 1. The van der Waals surface area contributed by atoms with Crippen molar-refractivity contribution in [2.75, 3.05) is 5.43 Å². The average molecular weight is 255 g/mol. The van der Waals surface area contributed by atoms with Crippen LogP contribution in [-0.2, 0) is 4.79 Å². The third-order valence-electron chi connectivity index (χ3n) is 2.36. The molecule has 0 aliphatic carbocycles. The number of para-hydroxylation sites is 1. The number of ketones is 1.